The first kappa shape index (κ1) is 51.4. The highest BCUT2D eigenvalue weighted by Crippen LogP contribution is 2.70. The Balaban J connectivity index is 0.898. The summed E-state index contributed by atoms with van der Waals surface area (Å²) in [4.78, 5) is 0. The third-order valence-electron chi connectivity index (χ3n) is 19.3. The van der Waals surface area contributed by atoms with E-state index in [1.54, 1.807) is 0 Å². The van der Waals surface area contributed by atoms with Crippen LogP contribution in [0.4, 0.5) is 0 Å². The van der Waals surface area contributed by atoms with Crippen molar-refractivity contribution in [3.05, 3.63) is 12.2 Å². The number of aliphatic hydroxyl groups excluding tert-OH is 12. The molecule has 0 radical (unpaired) electrons. The Morgan fingerprint density at radius 3 is 2.03 bits per heavy atom. The molecule has 27 unspecified atom stereocenters. The van der Waals surface area contributed by atoms with Crippen LogP contribution in [-0.4, -0.2) is 196 Å². The summed E-state index contributed by atoms with van der Waals surface area (Å²) in [5.74, 6) is 0.901. The average Bonchev–Trinajstić information content (AvgIpc) is 3.56. The predicted molar refractivity (Wildman–Crippen MR) is 231 cm³/mol. The molecule has 2 aliphatic heterocycles. The number of fused-ring (bicyclic) bond motifs is 7. The van der Waals surface area contributed by atoms with E-state index >= 15 is 0 Å². The molecular weight excluding hydrogens is 865 g/mol. The van der Waals surface area contributed by atoms with Crippen molar-refractivity contribution in [1.29, 1.82) is 0 Å². The molecule has 18 heteroatoms. The highest BCUT2D eigenvalue weighted by atomic mass is 16.8. The van der Waals surface area contributed by atoms with Gasteiger partial charge in [0.05, 0.1) is 49.8 Å². The van der Waals surface area contributed by atoms with Gasteiger partial charge in [0.15, 0.2) is 12.6 Å². The summed E-state index contributed by atoms with van der Waals surface area (Å²) in [7, 11) is 0. The van der Waals surface area contributed by atoms with Crippen molar-refractivity contribution in [2.75, 3.05) is 26.4 Å². The second kappa shape index (κ2) is 19.9. The van der Waals surface area contributed by atoms with Gasteiger partial charge in [0, 0.05) is 17.9 Å². The first-order valence-corrected chi connectivity index (χ1v) is 24.8. The minimum absolute atomic E-state index is 0.0718. The summed E-state index contributed by atoms with van der Waals surface area (Å²) in [6.45, 7) is 9.45. The molecule has 0 amide bonds. The van der Waals surface area contributed by atoms with E-state index in [0.29, 0.717) is 44.4 Å². The summed E-state index contributed by atoms with van der Waals surface area (Å²) in [6.07, 6.45) is -12.4. The van der Waals surface area contributed by atoms with E-state index in [1.165, 1.54) is 0 Å². The van der Waals surface area contributed by atoms with Gasteiger partial charge in [-0.1, -0.05) is 32.9 Å². The van der Waals surface area contributed by atoms with Crippen LogP contribution >= 0.6 is 0 Å². The van der Waals surface area contributed by atoms with E-state index in [4.69, 9.17) is 23.7 Å². The molecule has 0 aromatic carbocycles. The molecule has 13 N–H and O–H groups in total. The van der Waals surface area contributed by atoms with Crippen molar-refractivity contribution >= 4 is 0 Å². The second-order valence-electron chi connectivity index (χ2n) is 22.5. The molecule has 18 nitrogen and oxygen atoms in total. The maximum absolute atomic E-state index is 12.5. The summed E-state index contributed by atoms with van der Waals surface area (Å²) in [5.41, 5.74) is -0.702. The van der Waals surface area contributed by atoms with Gasteiger partial charge in [-0.25, -0.2) is 0 Å². The lowest BCUT2D eigenvalue weighted by molar-refractivity contribution is -0.373. The summed E-state index contributed by atoms with van der Waals surface area (Å²) in [5, 5.41) is 139. The Morgan fingerprint density at radius 1 is 0.682 bits per heavy atom. The van der Waals surface area contributed by atoms with Crippen LogP contribution in [0.3, 0.4) is 0 Å². The van der Waals surface area contributed by atoms with Crippen molar-refractivity contribution in [3.63, 3.8) is 0 Å². The Morgan fingerprint density at radius 2 is 1.35 bits per heavy atom. The van der Waals surface area contributed by atoms with Gasteiger partial charge in [0.1, 0.15) is 61.0 Å². The van der Waals surface area contributed by atoms with Crippen LogP contribution in [0.5, 0.6) is 0 Å². The van der Waals surface area contributed by atoms with Gasteiger partial charge in [-0.15, -0.1) is 0 Å². The molecule has 0 aromatic rings. The largest absolute Gasteiger partial charge is 0.396 e. The van der Waals surface area contributed by atoms with Crippen LogP contribution in [-0.2, 0) is 23.7 Å². The highest BCUT2D eigenvalue weighted by Gasteiger charge is 2.68. The summed E-state index contributed by atoms with van der Waals surface area (Å²) < 4.78 is 30.0. The van der Waals surface area contributed by atoms with Crippen LogP contribution in [0.25, 0.3) is 0 Å². The number of hydrogen-bond acceptors (Lipinski definition) is 18. The third-order valence-corrected chi connectivity index (χ3v) is 19.3. The highest BCUT2D eigenvalue weighted by molar-refractivity contribution is 5.17. The molecule has 8 aliphatic rings. The Kier molecular flexibility index (Phi) is 15.5. The first-order chi connectivity index (χ1) is 31.2. The second-order valence-corrected chi connectivity index (χ2v) is 22.5. The predicted octanol–water partition coefficient (Wildman–Crippen LogP) is -1.17. The lowest BCUT2D eigenvalue weighted by atomic mass is 9.40. The SMILES string of the molecule is C=C(CCC1(O)CC2CCC3C4CCC5CC(OC6OC(CO)C(O)C(O)C6OC6OC(CO)C(O)C(O)C6O)CCC5(C)C4CC(O)C3(C)C2C1C)COC1CC(CO)C(O)C(O)C1O. The zero-order chi connectivity index (χ0) is 47.8. The molecule has 0 bridgehead atoms. The smallest absolute Gasteiger partial charge is 0.187 e. The molecule has 2 heterocycles. The molecule has 66 heavy (non-hydrogen) atoms. The normalized spacial score (nSPS) is 55.0. The average molecular weight is 945 g/mol. The zero-order valence-electron chi connectivity index (χ0n) is 38.7. The Bertz CT molecular complexity index is 1660. The molecule has 27 atom stereocenters. The van der Waals surface area contributed by atoms with Gasteiger partial charge in [-0.2, -0.15) is 0 Å². The molecule has 0 spiro atoms. The van der Waals surface area contributed by atoms with Crippen molar-refractivity contribution in [2.45, 2.75) is 201 Å². The molecule has 380 valence electrons. The molecule has 2 saturated heterocycles. The third kappa shape index (κ3) is 8.90. The standard InChI is InChI=1S/C48H80O18/c1-21(20-62-30-13-24(17-49)35(53)39(57)36(30)54)9-12-48(61)16-23-5-8-28-27-7-6-25-14-26(10-11-46(25,3)29(27)15-33(52)47(28,4)34(23)22(48)2)63-45-43(41(59)38(56)32(19-51)65-45)66-44-42(60)40(58)37(55)31(18-50)64-44/h22-45,49-61H,1,5-20H2,2-4H3. The monoisotopic (exact) mass is 945 g/mol. The van der Waals surface area contributed by atoms with E-state index in [1.807, 2.05) is 0 Å². The van der Waals surface area contributed by atoms with Gasteiger partial charge in [0.25, 0.3) is 0 Å². The van der Waals surface area contributed by atoms with Crippen molar-refractivity contribution < 1.29 is 90.1 Å². The molecular formula is C48H80O18. The van der Waals surface area contributed by atoms with E-state index in [-0.39, 0.29) is 72.1 Å². The van der Waals surface area contributed by atoms with Gasteiger partial charge >= 0.3 is 0 Å². The van der Waals surface area contributed by atoms with Crippen LogP contribution < -0.4 is 0 Å². The minimum Gasteiger partial charge on any atom is -0.396 e. The van der Waals surface area contributed by atoms with Crippen LogP contribution in [0, 0.1) is 58.2 Å². The zero-order valence-corrected chi connectivity index (χ0v) is 38.7. The van der Waals surface area contributed by atoms with Gasteiger partial charge < -0.3 is 90.1 Å². The van der Waals surface area contributed by atoms with Crippen LogP contribution in [0.2, 0.25) is 0 Å². The van der Waals surface area contributed by atoms with Gasteiger partial charge in [-0.05, 0) is 124 Å². The van der Waals surface area contributed by atoms with E-state index in [2.05, 4.69) is 27.4 Å². The van der Waals surface area contributed by atoms with E-state index in [9.17, 15) is 66.4 Å². The number of hydrogen-bond donors (Lipinski definition) is 13. The van der Waals surface area contributed by atoms with Crippen molar-refractivity contribution in [3.8, 4) is 0 Å². The molecule has 8 fully saturated rings. The lowest BCUT2D eigenvalue weighted by Crippen LogP contribution is -2.65. The number of ether oxygens (including phenoxy) is 5. The van der Waals surface area contributed by atoms with Crippen LogP contribution in [0.15, 0.2) is 12.2 Å². The topological polar surface area (TPSA) is 309 Å². The maximum atomic E-state index is 12.5. The molecule has 6 saturated carbocycles. The van der Waals surface area contributed by atoms with Crippen LogP contribution in [0.1, 0.15) is 97.8 Å². The molecule has 8 rings (SSSR count). The van der Waals surface area contributed by atoms with Gasteiger partial charge in [-0.3, -0.25) is 0 Å². The molecule has 6 aliphatic carbocycles. The van der Waals surface area contributed by atoms with E-state index < -0.39 is 117 Å². The number of rotatable bonds is 13. The molecule has 0 aromatic heterocycles. The van der Waals surface area contributed by atoms with Crippen molar-refractivity contribution in [1.82, 2.24) is 0 Å². The summed E-state index contributed by atoms with van der Waals surface area (Å²) in [6, 6.07) is 0. The fraction of sp³-hybridized carbons (Fsp3) is 0.958. The minimum atomic E-state index is -1.77. The van der Waals surface area contributed by atoms with Gasteiger partial charge in [0.2, 0.25) is 0 Å². The quantitative estimate of drug-likeness (QED) is 0.0765. The lowest BCUT2D eigenvalue weighted by Gasteiger charge is -2.66. The fourth-order valence-electron chi connectivity index (χ4n) is 15.4. The maximum Gasteiger partial charge on any atom is 0.187 e. The fourth-order valence-corrected chi connectivity index (χ4v) is 15.4. The Labute approximate surface area is 387 Å². The van der Waals surface area contributed by atoms with E-state index in [0.717, 1.165) is 37.7 Å². The first-order valence-electron chi connectivity index (χ1n) is 24.8. The summed E-state index contributed by atoms with van der Waals surface area (Å²) >= 11 is 0. The Hall–Kier alpha value is -0.980. The number of aliphatic hydroxyl groups is 13. The van der Waals surface area contributed by atoms with Crippen molar-refractivity contribution in [2.24, 2.45) is 58.2 Å².